The standard InChI is InChI=1S/C5H7IN2/c1-5(2-6)3-8-4-7/h2-4,7H,1H3/b5-2-,7-4?,8-3?. The Morgan fingerprint density at radius 1 is 1.75 bits per heavy atom. The average Bonchev–Trinajstić information content (AvgIpc) is 1.83. The van der Waals surface area contributed by atoms with E-state index in [0.717, 1.165) is 11.9 Å². The number of allylic oxidation sites excluding steroid dienone is 1. The fourth-order valence-electron chi connectivity index (χ4n) is 0.183. The van der Waals surface area contributed by atoms with Gasteiger partial charge in [-0.3, -0.25) is 5.41 Å². The number of nitrogens with one attached hydrogen (secondary N) is 1. The van der Waals surface area contributed by atoms with Gasteiger partial charge >= 0.3 is 0 Å². The zero-order valence-corrected chi connectivity index (χ0v) is 6.71. The van der Waals surface area contributed by atoms with Crippen molar-refractivity contribution < 1.29 is 0 Å². The van der Waals surface area contributed by atoms with Crippen LogP contribution in [0.1, 0.15) is 6.92 Å². The first kappa shape index (κ1) is 7.81. The van der Waals surface area contributed by atoms with Crippen LogP contribution in [0.3, 0.4) is 0 Å². The molecule has 0 bridgehead atoms. The molecule has 1 N–H and O–H groups in total. The minimum Gasteiger partial charge on any atom is -0.290 e. The van der Waals surface area contributed by atoms with Gasteiger partial charge in [0.2, 0.25) is 0 Å². The first-order valence-corrected chi connectivity index (χ1v) is 3.35. The van der Waals surface area contributed by atoms with E-state index in [-0.39, 0.29) is 0 Å². The van der Waals surface area contributed by atoms with Crippen molar-refractivity contribution in [3.63, 3.8) is 0 Å². The lowest BCUT2D eigenvalue weighted by atomic mass is 10.4. The molecule has 0 radical (unpaired) electrons. The summed E-state index contributed by atoms with van der Waals surface area (Å²) in [6.07, 6.45) is 2.66. The molecule has 0 atom stereocenters. The van der Waals surface area contributed by atoms with E-state index in [4.69, 9.17) is 5.41 Å². The molecular weight excluding hydrogens is 215 g/mol. The predicted octanol–water partition coefficient (Wildman–Crippen LogP) is 2.00. The van der Waals surface area contributed by atoms with E-state index in [1.54, 1.807) is 6.21 Å². The third-order valence-electron chi connectivity index (χ3n) is 0.525. The first-order valence-electron chi connectivity index (χ1n) is 2.10. The average molecular weight is 222 g/mol. The Balaban J connectivity index is 3.69. The molecule has 0 aromatic rings. The number of halogens is 1. The highest BCUT2D eigenvalue weighted by Crippen LogP contribution is 1.92. The van der Waals surface area contributed by atoms with Gasteiger partial charge in [0.15, 0.2) is 0 Å². The molecule has 3 heteroatoms. The molecule has 0 aliphatic carbocycles. The third kappa shape index (κ3) is 3.98. The van der Waals surface area contributed by atoms with Crippen LogP contribution in [0, 0.1) is 5.41 Å². The number of hydrogen-bond donors (Lipinski definition) is 1. The van der Waals surface area contributed by atoms with Crippen LogP contribution >= 0.6 is 22.6 Å². The molecule has 0 saturated carbocycles. The second kappa shape index (κ2) is 4.96. The van der Waals surface area contributed by atoms with Crippen LogP contribution in [-0.2, 0) is 0 Å². The lowest BCUT2D eigenvalue weighted by Gasteiger charge is -1.79. The van der Waals surface area contributed by atoms with Crippen molar-refractivity contribution in [2.75, 3.05) is 0 Å². The predicted molar refractivity (Wildman–Crippen MR) is 45.1 cm³/mol. The Morgan fingerprint density at radius 3 is 2.75 bits per heavy atom. The van der Waals surface area contributed by atoms with Crippen LogP contribution in [-0.4, -0.2) is 12.6 Å². The Hall–Kier alpha value is -0.190. The quantitative estimate of drug-likeness (QED) is 0.421. The van der Waals surface area contributed by atoms with Crippen LogP contribution < -0.4 is 0 Å². The lowest BCUT2D eigenvalue weighted by Crippen LogP contribution is -1.73. The van der Waals surface area contributed by atoms with Gasteiger partial charge in [-0.1, -0.05) is 22.6 Å². The van der Waals surface area contributed by atoms with Crippen LogP contribution in [0.2, 0.25) is 0 Å². The summed E-state index contributed by atoms with van der Waals surface area (Å²) in [5.41, 5.74) is 1.06. The van der Waals surface area contributed by atoms with E-state index in [1.807, 2.05) is 11.0 Å². The maximum Gasteiger partial charge on any atom is 0.106 e. The smallest absolute Gasteiger partial charge is 0.106 e. The second-order valence-electron chi connectivity index (χ2n) is 1.26. The highest BCUT2D eigenvalue weighted by molar-refractivity contribution is 14.1. The Morgan fingerprint density at radius 2 is 2.38 bits per heavy atom. The van der Waals surface area contributed by atoms with Crippen molar-refractivity contribution in [2.45, 2.75) is 6.92 Å². The molecule has 0 amide bonds. The van der Waals surface area contributed by atoms with Gasteiger partial charge in [-0.25, -0.2) is 4.99 Å². The normalized spacial score (nSPS) is 12.5. The molecule has 44 valence electrons. The molecule has 0 aromatic carbocycles. The molecule has 0 unspecified atom stereocenters. The number of nitrogens with zero attached hydrogens (tertiary/aromatic N) is 1. The minimum absolute atomic E-state index is 1.02. The molecule has 0 spiro atoms. The van der Waals surface area contributed by atoms with E-state index in [1.165, 1.54) is 0 Å². The van der Waals surface area contributed by atoms with Crippen molar-refractivity contribution in [3.05, 3.63) is 9.66 Å². The zero-order chi connectivity index (χ0) is 6.41. The Bertz CT molecular complexity index is 126. The molecular formula is C5H7IN2. The summed E-state index contributed by atoms with van der Waals surface area (Å²) in [6, 6.07) is 0. The minimum atomic E-state index is 1.02. The maximum absolute atomic E-state index is 6.52. The summed E-state index contributed by atoms with van der Waals surface area (Å²) in [5, 5.41) is 6.52. The van der Waals surface area contributed by atoms with Crippen molar-refractivity contribution in [1.29, 1.82) is 5.41 Å². The molecule has 0 aliphatic heterocycles. The van der Waals surface area contributed by atoms with Crippen LogP contribution in [0.4, 0.5) is 0 Å². The van der Waals surface area contributed by atoms with Gasteiger partial charge in [-0.15, -0.1) is 0 Å². The van der Waals surface area contributed by atoms with Crippen molar-refractivity contribution in [3.8, 4) is 0 Å². The largest absolute Gasteiger partial charge is 0.290 e. The fourth-order valence-corrected chi connectivity index (χ4v) is 0.344. The van der Waals surface area contributed by atoms with Crippen LogP contribution in [0.25, 0.3) is 0 Å². The summed E-state index contributed by atoms with van der Waals surface area (Å²) in [7, 11) is 0. The Kier molecular flexibility index (Phi) is 4.84. The van der Waals surface area contributed by atoms with Crippen molar-refractivity contribution in [2.24, 2.45) is 4.99 Å². The van der Waals surface area contributed by atoms with Crippen LogP contribution in [0.15, 0.2) is 14.6 Å². The number of hydrogen-bond acceptors (Lipinski definition) is 1. The molecule has 2 nitrogen and oxygen atoms in total. The van der Waals surface area contributed by atoms with E-state index in [2.05, 4.69) is 27.6 Å². The van der Waals surface area contributed by atoms with Gasteiger partial charge in [-0.2, -0.15) is 0 Å². The molecule has 8 heavy (non-hydrogen) atoms. The number of aliphatic imine (C=N–C) groups is 1. The van der Waals surface area contributed by atoms with Crippen molar-refractivity contribution in [1.82, 2.24) is 0 Å². The van der Waals surface area contributed by atoms with Crippen molar-refractivity contribution >= 4 is 35.1 Å². The SMILES string of the molecule is C/C(C=NC=N)=C/I. The summed E-state index contributed by atoms with van der Waals surface area (Å²) in [6.45, 7) is 1.93. The monoisotopic (exact) mass is 222 g/mol. The molecule has 0 fully saturated rings. The van der Waals surface area contributed by atoms with Crippen LogP contribution in [0.5, 0.6) is 0 Å². The number of rotatable bonds is 2. The second-order valence-corrected chi connectivity index (χ2v) is 1.88. The van der Waals surface area contributed by atoms with Gasteiger partial charge in [0, 0.05) is 6.21 Å². The zero-order valence-electron chi connectivity index (χ0n) is 4.56. The molecule has 0 saturated heterocycles. The summed E-state index contributed by atoms with van der Waals surface area (Å²) in [4.78, 5) is 3.59. The molecule has 0 heterocycles. The van der Waals surface area contributed by atoms with Gasteiger partial charge in [0.05, 0.1) is 0 Å². The summed E-state index contributed by atoms with van der Waals surface area (Å²) < 4.78 is 1.91. The highest BCUT2D eigenvalue weighted by atomic mass is 127. The van der Waals surface area contributed by atoms with Gasteiger partial charge in [0.25, 0.3) is 0 Å². The lowest BCUT2D eigenvalue weighted by molar-refractivity contribution is 1.51. The molecule has 0 rings (SSSR count). The Labute approximate surface area is 62.4 Å². The van der Waals surface area contributed by atoms with E-state index in [0.29, 0.717) is 0 Å². The molecule has 0 aromatic heterocycles. The van der Waals surface area contributed by atoms with Gasteiger partial charge < -0.3 is 0 Å². The van der Waals surface area contributed by atoms with E-state index in [9.17, 15) is 0 Å². The van der Waals surface area contributed by atoms with Gasteiger partial charge in [0.1, 0.15) is 6.34 Å². The first-order chi connectivity index (χ1) is 3.81. The molecule has 0 aliphatic rings. The topological polar surface area (TPSA) is 36.2 Å². The maximum atomic E-state index is 6.52. The van der Waals surface area contributed by atoms with E-state index < -0.39 is 0 Å². The van der Waals surface area contributed by atoms with Gasteiger partial charge in [-0.05, 0) is 16.6 Å². The van der Waals surface area contributed by atoms with E-state index >= 15 is 0 Å². The highest BCUT2D eigenvalue weighted by Gasteiger charge is 1.73. The summed E-state index contributed by atoms with van der Waals surface area (Å²) in [5.74, 6) is 0. The summed E-state index contributed by atoms with van der Waals surface area (Å²) >= 11 is 2.12. The third-order valence-corrected chi connectivity index (χ3v) is 1.51. The fraction of sp³-hybridized carbons (Fsp3) is 0.200.